The topological polar surface area (TPSA) is 111 Å². The Bertz CT molecular complexity index is 978. The first-order valence-electron chi connectivity index (χ1n) is 9.69. The number of carbonyl (C=O) groups excluding carboxylic acids is 2. The zero-order chi connectivity index (χ0) is 21.7. The maximum Gasteiger partial charge on any atom is 0.337 e. The first kappa shape index (κ1) is 21.7. The Balaban J connectivity index is 1.91. The molecule has 1 aliphatic rings. The molecule has 160 valence electrons. The van der Waals surface area contributed by atoms with Crippen molar-refractivity contribution in [2.45, 2.75) is 44.9 Å². The van der Waals surface area contributed by atoms with Crippen LogP contribution in [-0.2, 0) is 16.1 Å². The van der Waals surface area contributed by atoms with Crippen molar-refractivity contribution in [3.63, 3.8) is 0 Å². The van der Waals surface area contributed by atoms with Crippen LogP contribution < -0.4 is 10.6 Å². The molecule has 2 aromatic rings. The molecule has 0 aromatic carbocycles. The van der Waals surface area contributed by atoms with Crippen LogP contribution in [0.3, 0.4) is 0 Å². The molecular formula is C20H25N5O4S. The molecule has 0 saturated carbocycles. The van der Waals surface area contributed by atoms with Gasteiger partial charge in [0.2, 0.25) is 0 Å². The number of thioether (sulfide) groups is 1. The number of nitrogens with zero attached hydrogens (tertiary/aromatic N) is 3. The molecule has 1 aliphatic heterocycles. The van der Waals surface area contributed by atoms with Gasteiger partial charge in [0.15, 0.2) is 11.0 Å². The maximum absolute atomic E-state index is 12.5. The molecule has 0 saturated heterocycles. The summed E-state index contributed by atoms with van der Waals surface area (Å²) < 4.78 is 12.5. The van der Waals surface area contributed by atoms with Gasteiger partial charge in [-0.05, 0) is 26.3 Å². The van der Waals surface area contributed by atoms with E-state index in [2.05, 4.69) is 27.4 Å². The Hall–Kier alpha value is -3.01. The SMILES string of the molecule is C=CCn1c(SCC2=C(C(=O)OCC)C(CC)NC(=O)N2)nnc1-c1ccoc1C. The highest BCUT2D eigenvalue weighted by Crippen LogP contribution is 2.29. The van der Waals surface area contributed by atoms with E-state index in [-0.39, 0.29) is 12.6 Å². The Kier molecular flexibility index (Phi) is 6.99. The van der Waals surface area contributed by atoms with E-state index in [0.717, 1.165) is 11.3 Å². The summed E-state index contributed by atoms with van der Waals surface area (Å²) in [6, 6.07) is 1.10. The van der Waals surface area contributed by atoms with Crippen molar-refractivity contribution in [2.24, 2.45) is 0 Å². The van der Waals surface area contributed by atoms with Crippen LogP contribution in [0.2, 0.25) is 0 Å². The summed E-state index contributed by atoms with van der Waals surface area (Å²) in [5.41, 5.74) is 1.80. The lowest BCUT2D eigenvalue weighted by Gasteiger charge is -2.28. The number of aromatic nitrogens is 3. The van der Waals surface area contributed by atoms with Crippen LogP contribution in [0.25, 0.3) is 11.4 Å². The van der Waals surface area contributed by atoms with Crippen molar-refractivity contribution in [3.8, 4) is 11.4 Å². The highest BCUT2D eigenvalue weighted by Gasteiger charge is 2.31. The van der Waals surface area contributed by atoms with E-state index in [0.29, 0.717) is 41.0 Å². The number of rotatable bonds is 9. The van der Waals surface area contributed by atoms with Gasteiger partial charge >= 0.3 is 12.0 Å². The lowest BCUT2D eigenvalue weighted by atomic mass is 10.0. The van der Waals surface area contributed by atoms with Crippen molar-refractivity contribution in [3.05, 3.63) is 42.0 Å². The minimum absolute atomic E-state index is 0.258. The first-order valence-corrected chi connectivity index (χ1v) is 10.7. The summed E-state index contributed by atoms with van der Waals surface area (Å²) in [6.45, 7) is 10.1. The molecule has 3 rings (SSSR count). The van der Waals surface area contributed by atoms with E-state index in [4.69, 9.17) is 9.15 Å². The Morgan fingerprint density at radius 1 is 1.43 bits per heavy atom. The number of ether oxygens (including phenoxy) is 1. The minimum atomic E-state index is -0.435. The molecule has 1 unspecified atom stereocenters. The second-order valence-electron chi connectivity index (χ2n) is 6.56. The van der Waals surface area contributed by atoms with E-state index in [1.165, 1.54) is 11.8 Å². The normalized spacial score (nSPS) is 16.2. The minimum Gasteiger partial charge on any atom is -0.469 e. The quantitative estimate of drug-likeness (QED) is 0.357. The number of urea groups is 1. The molecule has 0 fully saturated rings. The van der Waals surface area contributed by atoms with E-state index in [1.54, 1.807) is 19.3 Å². The number of aryl methyl sites for hydroxylation is 1. The van der Waals surface area contributed by atoms with Crippen molar-refractivity contribution in [1.82, 2.24) is 25.4 Å². The summed E-state index contributed by atoms with van der Waals surface area (Å²) in [5.74, 6) is 1.31. The maximum atomic E-state index is 12.5. The zero-order valence-corrected chi connectivity index (χ0v) is 18.0. The average molecular weight is 432 g/mol. The van der Waals surface area contributed by atoms with Gasteiger partial charge < -0.3 is 19.8 Å². The number of hydrogen-bond donors (Lipinski definition) is 2. The van der Waals surface area contributed by atoms with Crippen LogP contribution in [0.4, 0.5) is 4.79 Å². The van der Waals surface area contributed by atoms with Gasteiger partial charge in [-0.15, -0.1) is 16.8 Å². The molecular weight excluding hydrogens is 406 g/mol. The summed E-state index contributed by atoms with van der Waals surface area (Å²) >= 11 is 1.37. The van der Waals surface area contributed by atoms with Crippen molar-refractivity contribution in [1.29, 1.82) is 0 Å². The molecule has 2 N–H and O–H groups in total. The number of hydrogen-bond acceptors (Lipinski definition) is 7. The molecule has 0 spiro atoms. The monoisotopic (exact) mass is 431 g/mol. The van der Waals surface area contributed by atoms with Crippen molar-refractivity contribution >= 4 is 23.8 Å². The van der Waals surface area contributed by atoms with Crippen LogP contribution in [-0.4, -0.2) is 45.2 Å². The van der Waals surface area contributed by atoms with Crippen LogP contribution in [0.1, 0.15) is 26.0 Å². The second-order valence-corrected chi connectivity index (χ2v) is 7.50. The summed E-state index contributed by atoms with van der Waals surface area (Å²) in [6.07, 6.45) is 3.94. The number of nitrogens with one attached hydrogen (secondary N) is 2. The fourth-order valence-electron chi connectivity index (χ4n) is 3.22. The third-order valence-electron chi connectivity index (χ3n) is 4.62. The Labute approximate surface area is 178 Å². The van der Waals surface area contributed by atoms with Gasteiger partial charge in [-0.2, -0.15) is 0 Å². The lowest BCUT2D eigenvalue weighted by molar-refractivity contribution is -0.139. The van der Waals surface area contributed by atoms with E-state index < -0.39 is 12.0 Å². The van der Waals surface area contributed by atoms with Crippen molar-refractivity contribution < 1.29 is 18.7 Å². The van der Waals surface area contributed by atoms with E-state index in [9.17, 15) is 9.59 Å². The third kappa shape index (κ3) is 4.43. The summed E-state index contributed by atoms with van der Waals surface area (Å²) in [4.78, 5) is 24.6. The van der Waals surface area contributed by atoms with E-state index >= 15 is 0 Å². The highest BCUT2D eigenvalue weighted by molar-refractivity contribution is 7.99. The molecule has 30 heavy (non-hydrogen) atoms. The molecule has 2 amide bonds. The van der Waals surface area contributed by atoms with Crippen molar-refractivity contribution in [2.75, 3.05) is 12.4 Å². The molecule has 10 heteroatoms. The van der Waals surface area contributed by atoms with Gasteiger partial charge in [0.1, 0.15) is 5.76 Å². The fourth-order valence-corrected chi connectivity index (χ4v) is 4.13. The van der Waals surface area contributed by atoms with Gasteiger partial charge in [0.05, 0.1) is 30.0 Å². The van der Waals surface area contributed by atoms with Crippen LogP contribution >= 0.6 is 11.8 Å². The number of furan rings is 1. The van der Waals surface area contributed by atoms with Gasteiger partial charge in [0.25, 0.3) is 0 Å². The number of carbonyl (C=O) groups is 2. The second kappa shape index (κ2) is 9.66. The molecule has 0 radical (unpaired) electrons. The molecule has 3 heterocycles. The van der Waals surface area contributed by atoms with E-state index in [1.807, 2.05) is 24.5 Å². The molecule has 2 aromatic heterocycles. The Morgan fingerprint density at radius 2 is 2.23 bits per heavy atom. The Morgan fingerprint density at radius 3 is 2.87 bits per heavy atom. The van der Waals surface area contributed by atoms with Gasteiger partial charge in [-0.3, -0.25) is 4.57 Å². The largest absolute Gasteiger partial charge is 0.469 e. The highest BCUT2D eigenvalue weighted by atomic mass is 32.2. The van der Waals surface area contributed by atoms with Crippen LogP contribution in [0.5, 0.6) is 0 Å². The molecule has 1 atom stereocenters. The standard InChI is InChI=1S/C20H25N5O4S/c1-5-9-25-17(13-8-10-29-12(13)4)23-24-20(25)30-11-15-16(18(26)28-7-3)14(6-2)21-19(27)22-15/h5,8,10,14H,1,6-7,9,11H2,2-4H3,(H2,21,22,27). The van der Waals surface area contributed by atoms with Gasteiger partial charge in [-0.1, -0.05) is 24.8 Å². The number of allylic oxidation sites excluding steroid dienone is 1. The zero-order valence-electron chi connectivity index (χ0n) is 17.2. The third-order valence-corrected chi connectivity index (χ3v) is 5.61. The predicted octanol–water partition coefficient (Wildman–Crippen LogP) is 3.03. The summed E-state index contributed by atoms with van der Waals surface area (Å²) in [5, 5.41) is 14.8. The molecule has 9 nitrogen and oxygen atoms in total. The van der Waals surface area contributed by atoms with Gasteiger partial charge in [0, 0.05) is 18.0 Å². The van der Waals surface area contributed by atoms with Gasteiger partial charge in [-0.25, -0.2) is 9.59 Å². The number of esters is 1. The van der Waals surface area contributed by atoms with Crippen LogP contribution in [0.15, 0.2) is 45.8 Å². The smallest absolute Gasteiger partial charge is 0.337 e. The lowest BCUT2D eigenvalue weighted by Crippen LogP contribution is -2.50. The predicted molar refractivity (Wildman–Crippen MR) is 113 cm³/mol. The fraction of sp³-hybridized carbons (Fsp3) is 0.400. The van der Waals surface area contributed by atoms with Crippen LogP contribution in [0, 0.1) is 6.92 Å². The summed E-state index contributed by atoms with van der Waals surface area (Å²) in [7, 11) is 0. The molecule has 0 bridgehead atoms. The average Bonchev–Trinajstić information content (AvgIpc) is 3.31. The number of amides is 2. The first-order chi connectivity index (χ1) is 14.5. The molecule has 0 aliphatic carbocycles.